The summed E-state index contributed by atoms with van der Waals surface area (Å²) in [5, 5.41) is 8.99. The van der Waals surface area contributed by atoms with Crippen LogP contribution in [0.25, 0.3) is 4.96 Å². The third-order valence-electron chi connectivity index (χ3n) is 4.26. The fourth-order valence-electron chi connectivity index (χ4n) is 3.04. The smallest absolute Gasteiger partial charge is 0.259 e. The summed E-state index contributed by atoms with van der Waals surface area (Å²) in [5.74, 6) is 0.625. The Morgan fingerprint density at radius 3 is 3.00 bits per heavy atom. The maximum absolute atomic E-state index is 12.6. The number of hydrogen-bond donors (Lipinski definition) is 0. The molecule has 126 valence electrons. The SMILES string of the molecule is CC(C)n1cnnc1SCc1cc(=O)n2c3c(sc2n1)CCCC3. The Morgan fingerprint density at radius 2 is 2.17 bits per heavy atom. The van der Waals surface area contributed by atoms with Crippen LogP contribution < -0.4 is 5.56 Å². The lowest BCUT2D eigenvalue weighted by Gasteiger charge is -2.10. The Morgan fingerprint density at radius 1 is 1.33 bits per heavy atom. The van der Waals surface area contributed by atoms with Crippen molar-refractivity contribution >= 4 is 28.1 Å². The molecule has 0 radical (unpaired) electrons. The normalized spacial score (nSPS) is 14.5. The highest BCUT2D eigenvalue weighted by molar-refractivity contribution is 7.98. The van der Waals surface area contributed by atoms with Crippen molar-refractivity contribution in [2.45, 2.75) is 56.5 Å². The van der Waals surface area contributed by atoms with Crippen LogP contribution in [0.1, 0.15) is 49.0 Å². The first-order valence-electron chi connectivity index (χ1n) is 8.19. The van der Waals surface area contributed by atoms with Crippen LogP contribution in [0, 0.1) is 0 Å². The van der Waals surface area contributed by atoms with Crippen molar-refractivity contribution in [1.29, 1.82) is 0 Å². The van der Waals surface area contributed by atoms with Gasteiger partial charge >= 0.3 is 0 Å². The monoisotopic (exact) mass is 361 g/mol. The number of thioether (sulfide) groups is 1. The largest absolute Gasteiger partial charge is 0.306 e. The summed E-state index contributed by atoms with van der Waals surface area (Å²) < 4.78 is 3.84. The van der Waals surface area contributed by atoms with Crippen molar-refractivity contribution in [2.75, 3.05) is 0 Å². The highest BCUT2D eigenvalue weighted by Crippen LogP contribution is 2.29. The molecule has 3 aromatic heterocycles. The number of aryl methyl sites for hydroxylation is 2. The molecule has 6 nitrogen and oxygen atoms in total. The molecule has 0 aliphatic heterocycles. The number of fused-ring (bicyclic) bond motifs is 3. The van der Waals surface area contributed by atoms with Crippen LogP contribution in [0.15, 0.2) is 22.3 Å². The molecule has 0 bridgehead atoms. The molecule has 0 N–H and O–H groups in total. The third-order valence-corrected chi connectivity index (χ3v) is 6.39. The summed E-state index contributed by atoms with van der Waals surface area (Å²) in [6, 6.07) is 1.98. The van der Waals surface area contributed by atoms with Gasteiger partial charge in [0.2, 0.25) is 0 Å². The van der Waals surface area contributed by atoms with E-state index in [0.29, 0.717) is 11.8 Å². The van der Waals surface area contributed by atoms with E-state index in [-0.39, 0.29) is 5.56 Å². The molecular formula is C16H19N5OS2. The average Bonchev–Trinajstić information content (AvgIpc) is 3.17. The fourth-order valence-corrected chi connectivity index (χ4v) is 5.21. The van der Waals surface area contributed by atoms with Gasteiger partial charge in [-0.15, -0.1) is 21.5 Å². The lowest BCUT2D eigenvalue weighted by molar-refractivity contribution is 0.549. The molecule has 4 rings (SSSR count). The number of aromatic nitrogens is 5. The Balaban J connectivity index is 1.63. The average molecular weight is 361 g/mol. The van der Waals surface area contributed by atoms with Gasteiger partial charge in [0, 0.05) is 28.4 Å². The molecule has 0 saturated carbocycles. The number of nitrogens with zero attached hydrogens (tertiary/aromatic N) is 5. The van der Waals surface area contributed by atoms with E-state index in [1.165, 1.54) is 17.0 Å². The molecular weight excluding hydrogens is 342 g/mol. The molecule has 0 aromatic carbocycles. The van der Waals surface area contributed by atoms with Gasteiger partial charge in [0.15, 0.2) is 10.1 Å². The van der Waals surface area contributed by atoms with Crippen LogP contribution in [0.5, 0.6) is 0 Å². The van der Waals surface area contributed by atoms with Gasteiger partial charge in [-0.3, -0.25) is 9.20 Å². The predicted molar refractivity (Wildman–Crippen MR) is 95.9 cm³/mol. The maximum Gasteiger partial charge on any atom is 0.259 e. The number of thiazole rings is 1. The third kappa shape index (κ3) is 2.77. The molecule has 0 saturated heterocycles. The molecule has 0 amide bonds. The van der Waals surface area contributed by atoms with Gasteiger partial charge in [0.05, 0.1) is 5.69 Å². The van der Waals surface area contributed by atoms with Crippen LogP contribution in [0.3, 0.4) is 0 Å². The molecule has 8 heteroatoms. The van der Waals surface area contributed by atoms with Crippen LogP contribution in [0.4, 0.5) is 0 Å². The van der Waals surface area contributed by atoms with Crippen LogP contribution >= 0.6 is 23.1 Å². The molecule has 0 atom stereocenters. The van der Waals surface area contributed by atoms with E-state index in [4.69, 9.17) is 4.98 Å². The highest BCUT2D eigenvalue weighted by atomic mass is 32.2. The van der Waals surface area contributed by atoms with E-state index in [1.54, 1.807) is 35.5 Å². The summed E-state index contributed by atoms with van der Waals surface area (Å²) >= 11 is 3.24. The first-order valence-corrected chi connectivity index (χ1v) is 9.99. The standard InChI is InChI=1S/C16H19N5OS2/c1-10(2)20-9-17-19-16(20)23-8-11-7-14(22)21-12-5-3-4-6-13(12)24-15(21)18-11/h7,9-10H,3-6,8H2,1-2H3. The Hall–Kier alpha value is -1.67. The van der Waals surface area contributed by atoms with E-state index in [2.05, 4.69) is 24.0 Å². The van der Waals surface area contributed by atoms with Crippen molar-refractivity contribution in [3.05, 3.63) is 39.0 Å². The predicted octanol–water partition coefficient (Wildman–Crippen LogP) is 3.10. The molecule has 24 heavy (non-hydrogen) atoms. The Bertz CT molecular complexity index is 940. The van der Waals surface area contributed by atoms with Crippen molar-refractivity contribution < 1.29 is 0 Å². The van der Waals surface area contributed by atoms with Crippen molar-refractivity contribution in [1.82, 2.24) is 24.1 Å². The van der Waals surface area contributed by atoms with E-state index in [1.807, 2.05) is 8.97 Å². The van der Waals surface area contributed by atoms with Crippen LogP contribution in [0.2, 0.25) is 0 Å². The Kier molecular flexibility index (Phi) is 4.17. The summed E-state index contributed by atoms with van der Waals surface area (Å²) in [6.07, 6.45) is 6.18. The van der Waals surface area contributed by atoms with Crippen LogP contribution in [-0.2, 0) is 18.6 Å². The van der Waals surface area contributed by atoms with E-state index in [9.17, 15) is 4.79 Å². The number of rotatable bonds is 4. The lowest BCUT2D eigenvalue weighted by Crippen LogP contribution is -2.17. The van der Waals surface area contributed by atoms with Gasteiger partial charge in [-0.25, -0.2) is 4.98 Å². The topological polar surface area (TPSA) is 65.1 Å². The maximum atomic E-state index is 12.6. The molecule has 3 aromatic rings. The summed E-state index contributed by atoms with van der Waals surface area (Å²) in [7, 11) is 0. The fraction of sp³-hybridized carbons (Fsp3) is 0.500. The zero-order valence-electron chi connectivity index (χ0n) is 13.7. The summed E-state index contributed by atoms with van der Waals surface area (Å²) in [4.78, 5) is 19.4. The van der Waals surface area contributed by atoms with Gasteiger partial charge in [-0.05, 0) is 39.5 Å². The van der Waals surface area contributed by atoms with Crippen molar-refractivity contribution in [3.63, 3.8) is 0 Å². The second kappa shape index (κ2) is 6.33. The first-order chi connectivity index (χ1) is 11.6. The van der Waals surface area contributed by atoms with Crippen molar-refractivity contribution in [2.24, 2.45) is 0 Å². The van der Waals surface area contributed by atoms with E-state index in [0.717, 1.165) is 35.1 Å². The van der Waals surface area contributed by atoms with Crippen LogP contribution in [-0.4, -0.2) is 24.1 Å². The van der Waals surface area contributed by atoms with Gasteiger partial charge < -0.3 is 4.57 Å². The minimum atomic E-state index is 0.0420. The molecule has 0 spiro atoms. The summed E-state index contributed by atoms with van der Waals surface area (Å²) in [6.45, 7) is 4.20. The molecule has 3 heterocycles. The minimum Gasteiger partial charge on any atom is -0.306 e. The van der Waals surface area contributed by atoms with E-state index < -0.39 is 0 Å². The second-order valence-electron chi connectivity index (χ2n) is 6.29. The lowest BCUT2D eigenvalue weighted by atomic mass is 10.0. The highest BCUT2D eigenvalue weighted by Gasteiger charge is 2.18. The van der Waals surface area contributed by atoms with Gasteiger partial charge in [0.1, 0.15) is 6.33 Å². The molecule has 1 aliphatic rings. The van der Waals surface area contributed by atoms with E-state index >= 15 is 0 Å². The number of hydrogen-bond acceptors (Lipinski definition) is 6. The molecule has 1 aliphatic carbocycles. The van der Waals surface area contributed by atoms with Crippen molar-refractivity contribution in [3.8, 4) is 0 Å². The zero-order valence-corrected chi connectivity index (χ0v) is 15.4. The first kappa shape index (κ1) is 15.8. The molecule has 0 unspecified atom stereocenters. The molecule has 0 fully saturated rings. The quantitative estimate of drug-likeness (QED) is 0.668. The van der Waals surface area contributed by atoms with Gasteiger partial charge in [0.25, 0.3) is 5.56 Å². The summed E-state index contributed by atoms with van der Waals surface area (Å²) in [5.41, 5.74) is 2.03. The zero-order chi connectivity index (χ0) is 16.7. The Labute approximate surface area is 148 Å². The minimum absolute atomic E-state index is 0.0420. The van der Waals surface area contributed by atoms with Gasteiger partial charge in [-0.1, -0.05) is 11.8 Å². The van der Waals surface area contributed by atoms with Gasteiger partial charge in [-0.2, -0.15) is 0 Å². The second-order valence-corrected chi connectivity index (χ2v) is 8.29.